The fourth-order valence-corrected chi connectivity index (χ4v) is 2.83. The fourth-order valence-electron chi connectivity index (χ4n) is 2.83. The zero-order valence-electron chi connectivity index (χ0n) is 10.5. The molecule has 1 atom stereocenters. The zero-order chi connectivity index (χ0) is 11.8. The highest BCUT2D eigenvalue weighted by Crippen LogP contribution is 2.36. The number of rotatable bonds is 3. The quantitative estimate of drug-likeness (QED) is 0.796. The molecule has 0 heterocycles. The molecule has 2 fully saturated rings. The van der Waals surface area contributed by atoms with Crippen LogP contribution in [-0.4, -0.2) is 29.4 Å². The van der Waals surface area contributed by atoms with Crippen LogP contribution in [0.3, 0.4) is 0 Å². The Morgan fingerprint density at radius 1 is 1.31 bits per heavy atom. The predicted molar refractivity (Wildman–Crippen MR) is 65.0 cm³/mol. The minimum atomic E-state index is -0.559. The molecule has 2 aliphatic rings. The van der Waals surface area contributed by atoms with E-state index in [1.54, 1.807) is 0 Å². The van der Waals surface area contributed by atoms with Crippen molar-refractivity contribution in [1.29, 1.82) is 0 Å². The first-order valence-electron chi connectivity index (χ1n) is 6.61. The van der Waals surface area contributed by atoms with Gasteiger partial charge in [-0.3, -0.25) is 4.79 Å². The molecule has 1 unspecified atom stereocenters. The van der Waals surface area contributed by atoms with Crippen molar-refractivity contribution in [2.75, 3.05) is 7.05 Å². The number of hydrogen-bond acceptors (Lipinski definition) is 2. The van der Waals surface area contributed by atoms with Crippen molar-refractivity contribution in [3.63, 3.8) is 0 Å². The molecule has 0 radical (unpaired) electrons. The molecular weight excluding hydrogens is 200 g/mol. The van der Waals surface area contributed by atoms with E-state index in [9.17, 15) is 4.79 Å². The number of carbonyl (C=O) groups excluding carboxylic acids is 1. The second-order valence-corrected chi connectivity index (χ2v) is 5.71. The number of nitrogens with zero attached hydrogens (tertiary/aromatic N) is 1. The van der Waals surface area contributed by atoms with Gasteiger partial charge in [-0.1, -0.05) is 19.3 Å². The van der Waals surface area contributed by atoms with Gasteiger partial charge in [0.1, 0.15) is 0 Å². The Kier molecular flexibility index (Phi) is 3.24. The molecule has 0 aromatic rings. The lowest BCUT2D eigenvalue weighted by Gasteiger charge is -2.37. The first-order chi connectivity index (χ1) is 7.54. The summed E-state index contributed by atoms with van der Waals surface area (Å²) in [6.07, 6.45) is 7.73. The van der Waals surface area contributed by atoms with Gasteiger partial charge in [-0.25, -0.2) is 0 Å². The van der Waals surface area contributed by atoms with E-state index in [4.69, 9.17) is 5.73 Å². The van der Waals surface area contributed by atoms with E-state index in [2.05, 4.69) is 6.92 Å². The lowest BCUT2D eigenvalue weighted by molar-refractivity contribution is -0.139. The van der Waals surface area contributed by atoms with Crippen LogP contribution in [0.25, 0.3) is 0 Å². The summed E-state index contributed by atoms with van der Waals surface area (Å²) >= 11 is 0. The molecule has 1 amide bonds. The lowest BCUT2D eigenvalue weighted by Crippen LogP contribution is -2.57. The number of amides is 1. The summed E-state index contributed by atoms with van der Waals surface area (Å²) in [6.45, 7) is 2.15. The minimum absolute atomic E-state index is 0.173. The van der Waals surface area contributed by atoms with Gasteiger partial charge in [0.15, 0.2) is 0 Å². The van der Waals surface area contributed by atoms with E-state index in [0.717, 1.165) is 31.6 Å². The number of likely N-dealkylation sites (N-methyl/N-ethyl adjacent to an activating group) is 1. The van der Waals surface area contributed by atoms with Gasteiger partial charge in [-0.2, -0.15) is 0 Å². The molecule has 0 aromatic heterocycles. The first-order valence-corrected chi connectivity index (χ1v) is 6.61. The van der Waals surface area contributed by atoms with Crippen LogP contribution in [0.5, 0.6) is 0 Å². The summed E-state index contributed by atoms with van der Waals surface area (Å²) in [5.74, 6) is 0.896. The maximum atomic E-state index is 12.4. The fraction of sp³-hybridized carbons (Fsp3) is 0.923. The summed E-state index contributed by atoms with van der Waals surface area (Å²) in [7, 11) is 1.93. The third-order valence-electron chi connectivity index (χ3n) is 4.41. The van der Waals surface area contributed by atoms with E-state index in [-0.39, 0.29) is 5.91 Å². The normalized spacial score (nSPS) is 26.2. The summed E-state index contributed by atoms with van der Waals surface area (Å²) in [5.41, 5.74) is 5.71. The van der Waals surface area contributed by atoms with Crippen molar-refractivity contribution in [3.8, 4) is 0 Å². The van der Waals surface area contributed by atoms with E-state index in [0.29, 0.717) is 6.04 Å². The predicted octanol–water partition coefficient (Wildman–Crippen LogP) is 1.90. The highest BCUT2D eigenvalue weighted by molar-refractivity contribution is 5.86. The van der Waals surface area contributed by atoms with Crippen LogP contribution in [-0.2, 0) is 4.79 Å². The molecule has 0 aliphatic heterocycles. The maximum absolute atomic E-state index is 12.4. The average molecular weight is 224 g/mol. The van der Waals surface area contributed by atoms with Crippen LogP contribution in [0, 0.1) is 5.92 Å². The molecule has 0 aromatic carbocycles. The van der Waals surface area contributed by atoms with Crippen molar-refractivity contribution >= 4 is 5.91 Å². The molecular formula is C13H24N2O. The molecule has 0 saturated heterocycles. The summed E-state index contributed by atoms with van der Waals surface area (Å²) in [6, 6.07) is 0.370. The van der Waals surface area contributed by atoms with Crippen LogP contribution in [0.15, 0.2) is 0 Å². The van der Waals surface area contributed by atoms with E-state index in [1.807, 2.05) is 11.9 Å². The Morgan fingerprint density at radius 3 is 2.38 bits per heavy atom. The molecule has 2 rings (SSSR count). The van der Waals surface area contributed by atoms with Gasteiger partial charge >= 0.3 is 0 Å². The Morgan fingerprint density at radius 2 is 1.88 bits per heavy atom. The van der Waals surface area contributed by atoms with Crippen LogP contribution < -0.4 is 5.73 Å². The van der Waals surface area contributed by atoms with Gasteiger partial charge in [0, 0.05) is 13.1 Å². The zero-order valence-corrected chi connectivity index (χ0v) is 10.5. The highest BCUT2D eigenvalue weighted by atomic mass is 16.2. The van der Waals surface area contributed by atoms with Gasteiger partial charge in [-0.05, 0) is 38.5 Å². The monoisotopic (exact) mass is 224 g/mol. The van der Waals surface area contributed by atoms with Gasteiger partial charge in [-0.15, -0.1) is 0 Å². The Bertz CT molecular complexity index is 267. The van der Waals surface area contributed by atoms with Crippen LogP contribution in [0.2, 0.25) is 0 Å². The highest BCUT2D eigenvalue weighted by Gasteiger charge is 2.41. The summed E-state index contributed by atoms with van der Waals surface area (Å²) < 4.78 is 0. The van der Waals surface area contributed by atoms with Gasteiger partial charge in [0.05, 0.1) is 5.54 Å². The van der Waals surface area contributed by atoms with Crippen molar-refractivity contribution in [1.82, 2.24) is 4.90 Å². The van der Waals surface area contributed by atoms with E-state index >= 15 is 0 Å². The van der Waals surface area contributed by atoms with Crippen molar-refractivity contribution in [3.05, 3.63) is 0 Å². The maximum Gasteiger partial charge on any atom is 0.242 e. The SMILES string of the molecule is CC(C1CC1)N(C)C(=O)C1(N)CCCCC1. The Hall–Kier alpha value is -0.570. The third kappa shape index (κ3) is 2.24. The molecule has 0 bridgehead atoms. The molecule has 3 heteroatoms. The van der Waals surface area contributed by atoms with Crippen molar-refractivity contribution < 1.29 is 4.79 Å². The minimum Gasteiger partial charge on any atom is -0.341 e. The van der Waals surface area contributed by atoms with Gasteiger partial charge < -0.3 is 10.6 Å². The topological polar surface area (TPSA) is 46.3 Å². The van der Waals surface area contributed by atoms with E-state index < -0.39 is 5.54 Å². The molecule has 16 heavy (non-hydrogen) atoms. The van der Waals surface area contributed by atoms with Gasteiger partial charge in [0.2, 0.25) is 5.91 Å². The number of hydrogen-bond donors (Lipinski definition) is 1. The molecule has 3 nitrogen and oxygen atoms in total. The van der Waals surface area contributed by atoms with Crippen LogP contribution in [0.1, 0.15) is 51.9 Å². The molecule has 2 aliphatic carbocycles. The summed E-state index contributed by atoms with van der Waals surface area (Å²) in [4.78, 5) is 14.3. The lowest BCUT2D eigenvalue weighted by atomic mass is 9.81. The second kappa shape index (κ2) is 4.36. The molecule has 2 saturated carbocycles. The smallest absolute Gasteiger partial charge is 0.242 e. The van der Waals surface area contributed by atoms with Crippen molar-refractivity contribution in [2.24, 2.45) is 11.7 Å². The molecule has 92 valence electrons. The number of nitrogens with two attached hydrogens (primary N) is 1. The largest absolute Gasteiger partial charge is 0.341 e. The Balaban J connectivity index is 1.98. The van der Waals surface area contributed by atoms with E-state index in [1.165, 1.54) is 19.3 Å². The standard InChI is InChI=1S/C13H24N2O/c1-10(11-6-7-11)15(2)12(16)13(14)8-4-3-5-9-13/h10-11H,3-9,14H2,1-2H3. The average Bonchev–Trinajstić information content (AvgIpc) is 3.11. The van der Waals surface area contributed by atoms with Crippen molar-refractivity contribution in [2.45, 2.75) is 63.5 Å². The van der Waals surface area contributed by atoms with Crippen LogP contribution in [0.4, 0.5) is 0 Å². The summed E-state index contributed by atoms with van der Waals surface area (Å²) in [5, 5.41) is 0. The third-order valence-corrected chi connectivity index (χ3v) is 4.41. The molecule has 2 N–H and O–H groups in total. The molecule has 0 spiro atoms. The second-order valence-electron chi connectivity index (χ2n) is 5.71. The van der Waals surface area contributed by atoms with Gasteiger partial charge in [0.25, 0.3) is 0 Å². The Labute approximate surface area is 98.4 Å². The van der Waals surface area contributed by atoms with Crippen LogP contribution >= 0.6 is 0 Å². The number of carbonyl (C=O) groups is 1. The first kappa shape index (κ1) is 11.9.